The molecule has 6 nitrogen and oxygen atoms in total. The molecule has 2 fully saturated rings. The van der Waals surface area contributed by atoms with Gasteiger partial charge in [-0.15, -0.1) is 0 Å². The largest absolute Gasteiger partial charge is 0.441 e. The Hall–Kier alpha value is -2.19. The highest BCUT2D eigenvalue weighted by Gasteiger charge is 2.52. The molecule has 4 atom stereocenters. The van der Waals surface area contributed by atoms with Gasteiger partial charge in [0.05, 0.1) is 12.7 Å². The lowest BCUT2D eigenvalue weighted by molar-refractivity contribution is -0.136. The van der Waals surface area contributed by atoms with Crippen molar-refractivity contribution in [1.82, 2.24) is 4.90 Å². The van der Waals surface area contributed by atoms with E-state index in [9.17, 15) is 9.90 Å². The lowest BCUT2D eigenvalue weighted by Crippen LogP contribution is -2.66. The number of nitrogens with zero attached hydrogens (tertiary/aromatic N) is 1. The minimum Gasteiger partial charge on any atom is -0.441 e. The maximum absolute atomic E-state index is 11.9. The van der Waals surface area contributed by atoms with Crippen molar-refractivity contribution in [2.45, 2.75) is 56.6 Å². The molecule has 2 saturated heterocycles. The predicted octanol–water partition coefficient (Wildman–Crippen LogP) is 2.53. The van der Waals surface area contributed by atoms with E-state index in [1.807, 2.05) is 12.1 Å². The second-order valence-corrected chi connectivity index (χ2v) is 14.0. The van der Waals surface area contributed by atoms with Gasteiger partial charge in [-0.05, 0) is 21.8 Å². The van der Waals surface area contributed by atoms with Crippen LogP contribution in [0.5, 0.6) is 0 Å². The van der Waals surface area contributed by atoms with E-state index < -0.39 is 32.7 Å². The van der Waals surface area contributed by atoms with Crippen LogP contribution in [-0.4, -0.2) is 69.0 Å². The molecule has 0 radical (unpaired) electrons. The summed E-state index contributed by atoms with van der Waals surface area (Å²) in [4.78, 5) is 13.4. The highest BCUT2D eigenvalue weighted by molar-refractivity contribution is 6.99. The van der Waals surface area contributed by atoms with Gasteiger partial charge in [-0.1, -0.05) is 81.4 Å². The van der Waals surface area contributed by atoms with Crippen molar-refractivity contribution in [1.29, 1.82) is 0 Å². The lowest BCUT2D eigenvalue weighted by atomic mass is 9.95. The number of fused-ring (bicyclic) bond motifs is 1. The van der Waals surface area contributed by atoms with Crippen molar-refractivity contribution < 1.29 is 23.8 Å². The van der Waals surface area contributed by atoms with Gasteiger partial charge in [0.1, 0.15) is 18.2 Å². The summed E-state index contributed by atoms with van der Waals surface area (Å²) in [6, 6.07) is 20.6. The Kier molecular flexibility index (Phi) is 6.45. The summed E-state index contributed by atoms with van der Waals surface area (Å²) in [5.41, 5.74) is 0. The number of likely N-dealkylation sites (N-methyl/N-ethyl adjacent to an activating group) is 1. The van der Waals surface area contributed by atoms with Crippen LogP contribution in [0.4, 0.5) is 4.79 Å². The van der Waals surface area contributed by atoms with Crippen molar-refractivity contribution in [2.24, 2.45) is 0 Å². The van der Waals surface area contributed by atoms with Gasteiger partial charge in [-0.25, -0.2) is 4.79 Å². The number of hydrogen-bond acceptors (Lipinski definition) is 5. The molecule has 0 unspecified atom stereocenters. The molecular weight excluding hydrogens is 422 g/mol. The highest BCUT2D eigenvalue weighted by Crippen LogP contribution is 2.37. The zero-order valence-corrected chi connectivity index (χ0v) is 20.2. The van der Waals surface area contributed by atoms with E-state index in [1.165, 1.54) is 15.3 Å². The van der Waals surface area contributed by atoms with E-state index in [0.29, 0.717) is 19.6 Å². The third-order valence-corrected chi connectivity index (χ3v) is 11.8. The van der Waals surface area contributed by atoms with Crippen LogP contribution < -0.4 is 10.4 Å². The Morgan fingerprint density at radius 2 is 1.62 bits per heavy atom. The van der Waals surface area contributed by atoms with E-state index in [4.69, 9.17) is 13.9 Å². The SMILES string of the molecule is CN1C(=O)O[C@H]2CO[C@@H](CCO[Si](c3ccccc3)(c3ccccc3)C(C)(C)C)[C@@H](O)[C@H]21. The van der Waals surface area contributed by atoms with Crippen LogP contribution in [-0.2, 0) is 13.9 Å². The van der Waals surface area contributed by atoms with E-state index in [1.54, 1.807) is 7.05 Å². The number of benzene rings is 2. The van der Waals surface area contributed by atoms with Gasteiger partial charge in [-0.2, -0.15) is 0 Å². The first-order valence-corrected chi connectivity index (χ1v) is 13.1. The Morgan fingerprint density at radius 3 is 2.16 bits per heavy atom. The lowest BCUT2D eigenvalue weighted by Gasteiger charge is -2.43. The molecule has 2 aromatic carbocycles. The molecule has 0 bridgehead atoms. The first-order chi connectivity index (χ1) is 15.3. The summed E-state index contributed by atoms with van der Waals surface area (Å²) in [5, 5.41) is 13.2. The molecule has 0 aromatic heterocycles. The van der Waals surface area contributed by atoms with Gasteiger partial charge in [0, 0.05) is 13.7 Å². The molecule has 0 saturated carbocycles. The van der Waals surface area contributed by atoms with Gasteiger partial charge in [0.2, 0.25) is 0 Å². The van der Waals surface area contributed by atoms with Crippen LogP contribution in [0.3, 0.4) is 0 Å². The summed E-state index contributed by atoms with van der Waals surface area (Å²) < 4.78 is 18.1. The van der Waals surface area contributed by atoms with Crippen molar-refractivity contribution in [2.75, 3.05) is 20.3 Å². The molecule has 4 rings (SSSR count). The maximum Gasteiger partial charge on any atom is 0.410 e. The summed E-state index contributed by atoms with van der Waals surface area (Å²) >= 11 is 0. The molecule has 1 N–H and O–H groups in total. The van der Waals surface area contributed by atoms with Gasteiger partial charge in [0.15, 0.2) is 0 Å². The standard InChI is InChI=1S/C25H33NO5Si/c1-25(2,3)32(18-11-7-5-8-12-18,19-13-9-6-10-14-19)30-16-15-20-23(27)22-21(17-29-20)31-24(28)26(22)4/h5-14,20-23,27H,15-17H2,1-4H3/t20-,21-,22-,23+/m0/s1. The van der Waals surface area contributed by atoms with Crippen LogP contribution in [0.15, 0.2) is 60.7 Å². The molecule has 32 heavy (non-hydrogen) atoms. The van der Waals surface area contributed by atoms with E-state index in [-0.39, 0.29) is 11.1 Å². The molecule has 2 aliphatic heterocycles. The number of aliphatic hydroxyl groups excluding tert-OH is 1. The monoisotopic (exact) mass is 455 g/mol. The fourth-order valence-corrected chi connectivity index (χ4v) is 9.70. The molecule has 7 heteroatoms. The highest BCUT2D eigenvalue weighted by atomic mass is 28.4. The number of amides is 1. The summed E-state index contributed by atoms with van der Waals surface area (Å²) in [6.07, 6.45) is -1.51. The first kappa shape index (κ1) is 23.0. The minimum atomic E-state index is -2.63. The Labute approximate surface area is 191 Å². The second-order valence-electron chi connectivity index (χ2n) is 9.69. The zero-order chi connectivity index (χ0) is 22.9. The molecule has 0 aliphatic carbocycles. The van der Waals surface area contributed by atoms with Crippen molar-refractivity contribution in [3.8, 4) is 0 Å². The molecule has 2 aromatic rings. The van der Waals surface area contributed by atoms with Crippen molar-refractivity contribution in [3.05, 3.63) is 60.7 Å². The second kappa shape index (κ2) is 8.98. The number of ether oxygens (including phenoxy) is 2. The smallest absolute Gasteiger partial charge is 0.410 e. The topological polar surface area (TPSA) is 68.2 Å². The molecular formula is C25H33NO5Si. The van der Waals surface area contributed by atoms with E-state index in [2.05, 4.69) is 69.3 Å². The van der Waals surface area contributed by atoms with Crippen LogP contribution >= 0.6 is 0 Å². The number of carbonyl (C=O) groups is 1. The van der Waals surface area contributed by atoms with Crippen molar-refractivity contribution in [3.63, 3.8) is 0 Å². The maximum atomic E-state index is 11.9. The average Bonchev–Trinajstić information content (AvgIpc) is 3.07. The Balaban J connectivity index is 1.57. The molecule has 2 heterocycles. The van der Waals surface area contributed by atoms with Crippen LogP contribution in [0.25, 0.3) is 0 Å². The van der Waals surface area contributed by atoms with Crippen LogP contribution in [0.2, 0.25) is 5.04 Å². The molecule has 1 amide bonds. The first-order valence-electron chi connectivity index (χ1n) is 11.2. The average molecular weight is 456 g/mol. The summed E-state index contributed by atoms with van der Waals surface area (Å²) in [7, 11) is -0.969. The Morgan fingerprint density at radius 1 is 1.06 bits per heavy atom. The summed E-state index contributed by atoms with van der Waals surface area (Å²) in [5.74, 6) is 0. The van der Waals surface area contributed by atoms with Crippen molar-refractivity contribution >= 4 is 24.8 Å². The molecule has 172 valence electrons. The van der Waals surface area contributed by atoms with Gasteiger partial charge in [0.25, 0.3) is 8.32 Å². The van der Waals surface area contributed by atoms with E-state index in [0.717, 1.165) is 0 Å². The van der Waals surface area contributed by atoms with Crippen LogP contribution in [0, 0.1) is 0 Å². The fraction of sp³-hybridized carbons (Fsp3) is 0.480. The van der Waals surface area contributed by atoms with E-state index >= 15 is 0 Å². The molecule has 2 aliphatic rings. The molecule has 0 spiro atoms. The van der Waals surface area contributed by atoms with Gasteiger partial charge < -0.3 is 23.9 Å². The number of aliphatic hydroxyl groups is 1. The summed E-state index contributed by atoms with van der Waals surface area (Å²) in [6.45, 7) is 7.47. The number of rotatable bonds is 6. The normalized spacial score (nSPS) is 26.0. The number of hydrogen-bond donors (Lipinski definition) is 1. The quantitative estimate of drug-likeness (QED) is 0.678. The number of carbonyl (C=O) groups excluding carboxylic acids is 1. The minimum absolute atomic E-state index is 0.112. The fourth-order valence-electron chi connectivity index (χ4n) is 5.12. The predicted molar refractivity (Wildman–Crippen MR) is 126 cm³/mol. The van der Waals surface area contributed by atoms with Crippen LogP contribution in [0.1, 0.15) is 27.2 Å². The Bertz CT molecular complexity index is 877. The third kappa shape index (κ3) is 3.99. The zero-order valence-electron chi connectivity index (χ0n) is 19.2. The third-order valence-electron chi connectivity index (χ3n) is 6.71. The van der Waals surface area contributed by atoms with Gasteiger partial charge in [-0.3, -0.25) is 0 Å². The van der Waals surface area contributed by atoms with Gasteiger partial charge >= 0.3 is 6.09 Å².